The third-order valence-electron chi connectivity index (χ3n) is 4.63. The summed E-state index contributed by atoms with van der Waals surface area (Å²) in [6, 6.07) is 6.22. The van der Waals surface area contributed by atoms with E-state index < -0.39 is 5.54 Å². The van der Waals surface area contributed by atoms with Crippen molar-refractivity contribution in [3.63, 3.8) is 0 Å². The molecule has 1 aromatic heterocycles. The van der Waals surface area contributed by atoms with Crippen LogP contribution in [0.25, 0.3) is 0 Å². The second-order valence-corrected chi connectivity index (χ2v) is 8.57. The van der Waals surface area contributed by atoms with Gasteiger partial charge >= 0.3 is 0 Å². The monoisotopic (exact) mass is 368 g/mol. The highest BCUT2D eigenvalue weighted by Crippen LogP contribution is 2.23. The summed E-state index contributed by atoms with van der Waals surface area (Å²) in [4.78, 5) is 18.0. The number of carbonyl (C=O) groups is 1. The molecule has 5 nitrogen and oxygen atoms in total. The third-order valence-corrected chi connectivity index (χ3v) is 5.84. The first-order chi connectivity index (χ1) is 11.3. The van der Waals surface area contributed by atoms with Gasteiger partial charge in [0, 0.05) is 37.6 Å². The van der Waals surface area contributed by atoms with Crippen molar-refractivity contribution >= 4 is 28.8 Å². The van der Waals surface area contributed by atoms with E-state index in [1.165, 1.54) is 4.88 Å². The maximum absolute atomic E-state index is 12.2. The third kappa shape index (κ3) is 5.18. The number of nitriles is 1. The van der Waals surface area contributed by atoms with Crippen molar-refractivity contribution in [3.8, 4) is 6.07 Å². The molecule has 1 unspecified atom stereocenters. The molecule has 1 saturated heterocycles. The molecule has 1 fully saturated rings. The summed E-state index contributed by atoms with van der Waals surface area (Å²) in [5, 5.41) is 12.2. The normalized spacial score (nSPS) is 19.0. The maximum atomic E-state index is 12.2. The molecule has 1 N–H and O–H groups in total. The van der Waals surface area contributed by atoms with Crippen LogP contribution >= 0.6 is 22.9 Å². The Hall–Kier alpha value is -1.13. The number of hydrogen-bond donors (Lipinski definition) is 1. The summed E-state index contributed by atoms with van der Waals surface area (Å²) in [7, 11) is 0. The number of amides is 1. The first kappa shape index (κ1) is 19.2. The van der Waals surface area contributed by atoms with E-state index in [4.69, 9.17) is 11.6 Å². The molecule has 1 amide bonds. The van der Waals surface area contributed by atoms with Crippen molar-refractivity contribution < 1.29 is 4.79 Å². The molecule has 0 spiro atoms. The highest BCUT2D eigenvalue weighted by molar-refractivity contribution is 7.16. The highest BCUT2D eigenvalue weighted by Gasteiger charge is 2.30. The van der Waals surface area contributed by atoms with E-state index in [1.54, 1.807) is 18.3 Å². The fourth-order valence-electron chi connectivity index (χ4n) is 2.60. The van der Waals surface area contributed by atoms with E-state index in [0.717, 1.165) is 37.1 Å². The quantitative estimate of drug-likeness (QED) is 0.838. The Labute approximate surface area is 153 Å². The number of nitrogens with zero attached hydrogens (tertiary/aromatic N) is 3. The van der Waals surface area contributed by atoms with Crippen molar-refractivity contribution in [3.05, 3.63) is 21.3 Å². The van der Waals surface area contributed by atoms with Gasteiger partial charge in [0.1, 0.15) is 5.54 Å². The van der Waals surface area contributed by atoms with Gasteiger partial charge in [0.25, 0.3) is 0 Å². The number of carbonyl (C=O) groups excluding carboxylic acids is 1. The molecule has 0 radical (unpaired) electrons. The molecule has 0 aliphatic carbocycles. The minimum absolute atomic E-state index is 0.0703. The van der Waals surface area contributed by atoms with Crippen LogP contribution in [0.3, 0.4) is 0 Å². The van der Waals surface area contributed by atoms with E-state index in [9.17, 15) is 10.1 Å². The summed E-state index contributed by atoms with van der Waals surface area (Å²) in [5.74, 6) is -0.00726. The van der Waals surface area contributed by atoms with Crippen molar-refractivity contribution in [1.82, 2.24) is 15.1 Å². The van der Waals surface area contributed by atoms with Gasteiger partial charge in [0.15, 0.2) is 0 Å². The van der Waals surface area contributed by atoms with E-state index in [-0.39, 0.29) is 11.8 Å². The molecule has 0 aromatic carbocycles. The van der Waals surface area contributed by atoms with Gasteiger partial charge in [0.2, 0.25) is 5.91 Å². The van der Waals surface area contributed by atoms with Crippen LogP contribution in [0.2, 0.25) is 4.34 Å². The van der Waals surface area contributed by atoms with E-state index >= 15 is 0 Å². The summed E-state index contributed by atoms with van der Waals surface area (Å²) in [5.41, 5.74) is -0.808. The van der Waals surface area contributed by atoms with Crippen LogP contribution in [0.4, 0.5) is 0 Å². The van der Waals surface area contributed by atoms with Crippen LogP contribution in [0.5, 0.6) is 0 Å². The average molecular weight is 369 g/mol. The van der Waals surface area contributed by atoms with Gasteiger partial charge in [-0.15, -0.1) is 11.3 Å². The predicted molar refractivity (Wildman–Crippen MR) is 98.0 cm³/mol. The van der Waals surface area contributed by atoms with Crippen LogP contribution in [0, 0.1) is 17.2 Å². The van der Waals surface area contributed by atoms with Gasteiger partial charge in [-0.2, -0.15) is 5.26 Å². The van der Waals surface area contributed by atoms with E-state index in [0.29, 0.717) is 6.54 Å². The van der Waals surface area contributed by atoms with E-state index in [1.807, 2.05) is 19.9 Å². The number of thiophene rings is 1. The van der Waals surface area contributed by atoms with Crippen LogP contribution < -0.4 is 5.32 Å². The number of nitrogens with one attached hydrogen (secondary N) is 1. The van der Waals surface area contributed by atoms with Gasteiger partial charge in [-0.3, -0.25) is 14.6 Å². The van der Waals surface area contributed by atoms with Crippen molar-refractivity contribution in [2.75, 3.05) is 32.7 Å². The lowest BCUT2D eigenvalue weighted by molar-refractivity contribution is -0.124. The lowest BCUT2D eigenvalue weighted by Crippen LogP contribution is -2.54. The molecule has 2 heterocycles. The summed E-state index contributed by atoms with van der Waals surface area (Å²) < 4.78 is 0.825. The Morgan fingerprint density at radius 3 is 2.50 bits per heavy atom. The zero-order valence-electron chi connectivity index (χ0n) is 14.5. The van der Waals surface area contributed by atoms with Gasteiger partial charge in [-0.1, -0.05) is 25.4 Å². The second kappa shape index (κ2) is 8.30. The standard InChI is InChI=1S/C17H25ClN4OS/c1-13(2)17(3,12-19)20-16(23)11-22-8-6-21(7-9-22)10-14-4-5-15(18)24-14/h4-5,13H,6-11H2,1-3H3,(H,20,23). The van der Waals surface area contributed by atoms with Crippen molar-refractivity contribution in [1.29, 1.82) is 5.26 Å². The van der Waals surface area contributed by atoms with Crippen molar-refractivity contribution in [2.45, 2.75) is 32.9 Å². The Morgan fingerprint density at radius 1 is 1.38 bits per heavy atom. The molecule has 0 saturated carbocycles. The maximum Gasteiger partial charge on any atom is 0.235 e. The van der Waals surface area contributed by atoms with Gasteiger partial charge in [0.05, 0.1) is 17.0 Å². The van der Waals surface area contributed by atoms with E-state index in [2.05, 4.69) is 27.3 Å². The largest absolute Gasteiger partial charge is 0.337 e. The Morgan fingerprint density at radius 2 is 2.00 bits per heavy atom. The SMILES string of the molecule is CC(C)C(C)(C#N)NC(=O)CN1CCN(Cc2ccc(Cl)s2)CC1. The topological polar surface area (TPSA) is 59.4 Å². The number of piperazine rings is 1. The molecule has 1 aliphatic heterocycles. The Balaban J connectivity index is 1.76. The number of hydrogen-bond acceptors (Lipinski definition) is 5. The lowest BCUT2D eigenvalue weighted by Gasteiger charge is -2.35. The zero-order chi connectivity index (χ0) is 17.7. The van der Waals surface area contributed by atoms with Crippen LogP contribution in [0.1, 0.15) is 25.6 Å². The molecular formula is C17H25ClN4OS. The second-order valence-electron chi connectivity index (χ2n) is 6.78. The lowest BCUT2D eigenvalue weighted by atomic mass is 9.90. The van der Waals surface area contributed by atoms with Gasteiger partial charge < -0.3 is 5.32 Å². The van der Waals surface area contributed by atoms with Gasteiger partial charge in [-0.25, -0.2) is 0 Å². The fourth-order valence-corrected chi connectivity index (χ4v) is 3.73. The first-order valence-corrected chi connectivity index (χ1v) is 9.43. The minimum Gasteiger partial charge on any atom is -0.337 e. The molecule has 1 aromatic rings. The molecule has 7 heteroatoms. The van der Waals surface area contributed by atoms with Crippen molar-refractivity contribution in [2.24, 2.45) is 5.92 Å². The molecule has 2 rings (SSSR count). The molecule has 24 heavy (non-hydrogen) atoms. The summed E-state index contributed by atoms with van der Waals surface area (Å²) in [6.07, 6.45) is 0. The minimum atomic E-state index is -0.808. The number of halogens is 1. The van der Waals surface area contributed by atoms with Gasteiger partial charge in [-0.05, 0) is 25.0 Å². The fraction of sp³-hybridized carbons (Fsp3) is 0.647. The van der Waals surface area contributed by atoms with Crippen LogP contribution in [-0.4, -0.2) is 54.0 Å². The number of rotatable bonds is 6. The van der Waals surface area contributed by atoms with Crippen LogP contribution in [0.15, 0.2) is 12.1 Å². The Bertz CT molecular complexity index is 604. The highest BCUT2D eigenvalue weighted by atomic mass is 35.5. The first-order valence-electron chi connectivity index (χ1n) is 8.23. The smallest absolute Gasteiger partial charge is 0.235 e. The Kier molecular flexibility index (Phi) is 6.64. The summed E-state index contributed by atoms with van der Waals surface area (Å²) >= 11 is 7.59. The molecule has 0 bridgehead atoms. The van der Waals surface area contributed by atoms with Crippen LogP contribution in [-0.2, 0) is 11.3 Å². The molecular weight excluding hydrogens is 344 g/mol. The molecule has 1 aliphatic rings. The summed E-state index contributed by atoms with van der Waals surface area (Å²) in [6.45, 7) is 10.5. The average Bonchev–Trinajstić information content (AvgIpc) is 2.94. The molecule has 1 atom stereocenters. The molecule has 132 valence electrons. The predicted octanol–water partition coefficient (Wildman–Crippen LogP) is 2.57. The zero-order valence-corrected chi connectivity index (χ0v) is 16.1.